The van der Waals surface area contributed by atoms with E-state index in [2.05, 4.69) is 19.2 Å². The van der Waals surface area contributed by atoms with Crippen LogP contribution >= 0.6 is 0 Å². The second-order valence-electron chi connectivity index (χ2n) is 5.89. The van der Waals surface area contributed by atoms with Gasteiger partial charge in [-0.3, -0.25) is 0 Å². The number of benzene rings is 1. The Morgan fingerprint density at radius 3 is 2.14 bits per heavy atom. The van der Waals surface area contributed by atoms with Crippen molar-refractivity contribution in [2.75, 3.05) is 0 Å². The number of unbranched alkanes of at least 4 members (excludes halogenated alkanes) is 4. The lowest BCUT2D eigenvalue weighted by molar-refractivity contribution is 0.134. The third-order valence-corrected chi connectivity index (χ3v) is 3.85. The molecule has 0 aliphatic heterocycles. The van der Waals surface area contributed by atoms with Crippen LogP contribution in [0, 0.1) is 0 Å². The van der Waals surface area contributed by atoms with Crippen LogP contribution in [-0.4, -0.2) is 12.1 Å². The third-order valence-electron chi connectivity index (χ3n) is 3.85. The Kier molecular flexibility index (Phi) is 10.2. The van der Waals surface area contributed by atoms with Gasteiger partial charge in [0, 0.05) is 6.04 Å². The van der Waals surface area contributed by atoms with Crippen molar-refractivity contribution in [1.82, 2.24) is 5.32 Å². The van der Waals surface area contributed by atoms with E-state index in [0.29, 0.717) is 6.61 Å². The average molecular weight is 305 g/mol. The van der Waals surface area contributed by atoms with E-state index in [9.17, 15) is 4.79 Å². The predicted molar refractivity (Wildman–Crippen MR) is 91.8 cm³/mol. The highest BCUT2D eigenvalue weighted by molar-refractivity contribution is 5.67. The fourth-order valence-corrected chi connectivity index (χ4v) is 2.50. The third kappa shape index (κ3) is 8.71. The van der Waals surface area contributed by atoms with Gasteiger partial charge in [-0.1, -0.05) is 82.7 Å². The summed E-state index contributed by atoms with van der Waals surface area (Å²) in [5.41, 5.74) is 1.02. The van der Waals surface area contributed by atoms with Crippen molar-refractivity contribution in [3.63, 3.8) is 0 Å². The van der Waals surface area contributed by atoms with Gasteiger partial charge in [-0.25, -0.2) is 4.79 Å². The monoisotopic (exact) mass is 305 g/mol. The predicted octanol–water partition coefficient (Wildman–Crippen LogP) is 5.44. The van der Waals surface area contributed by atoms with E-state index in [1.165, 1.54) is 38.5 Å². The SMILES string of the molecule is CCCCCC(CCCCC)NC(=O)OCc1ccccc1. The molecule has 0 aliphatic rings. The number of rotatable bonds is 11. The Morgan fingerprint density at radius 2 is 1.59 bits per heavy atom. The first kappa shape index (κ1) is 18.5. The number of alkyl carbamates (subject to hydrolysis) is 1. The summed E-state index contributed by atoms with van der Waals surface area (Å²) in [4.78, 5) is 12.0. The number of carbonyl (C=O) groups excluding carboxylic acids is 1. The quantitative estimate of drug-likeness (QED) is 0.553. The Bertz CT molecular complexity index is 382. The summed E-state index contributed by atoms with van der Waals surface area (Å²) in [6.07, 6.45) is 9.03. The Balaban J connectivity index is 2.32. The Hall–Kier alpha value is -1.51. The van der Waals surface area contributed by atoms with Crippen molar-refractivity contribution < 1.29 is 9.53 Å². The molecule has 22 heavy (non-hydrogen) atoms. The molecule has 1 aromatic rings. The molecule has 0 unspecified atom stereocenters. The molecular weight excluding hydrogens is 274 g/mol. The molecular formula is C19H31NO2. The summed E-state index contributed by atoms with van der Waals surface area (Å²) >= 11 is 0. The Morgan fingerprint density at radius 1 is 1.00 bits per heavy atom. The standard InChI is InChI=1S/C19H31NO2/c1-3-5-8-14-18(15-9-6-4-2)20-19(21)22-16-17-12-10-7-11-13-17/h7,10-13,18H,3-6,8-9,14-16H2,1-2H3,(H,20,21). The average Bonchev–Trinajstić information content (AvgIpc) is 2.54. The zero-order valence-electron chi connectivity index (χ0n) is 14.1. The molecule has 1 N–H and O–H groups in total. The molecule has 0 aromatic heterocycles. The van der Waals surface area contributed by atoms with Gasteiger partial charge in [0.05, 0.1) is 0 Å². The van der Waals surface area contributed by atoms with Gasteiger partial charge in [0.2, 0.25) is 0 Å². The lowest BCUT2D eigenvalue weighted by atomic mass is 10.0. The molecule has 0 spiro atoms. The van der Waals surface area contributed by atoms with Crippen LogP contribution in [0.4, 0.5) is 4.79 Å². The summed E-state index contributed by atoms with van der Waals surface area (Å²) < 4.78 is 5.32. The summed E-state index contributed by atoms with van der Waals surface area (Å²) in [5.74, 6) is 0. The topological polar surface area (TPSA) is 38.3 Å². The molecule has 3 nitrogen and oxygen atoms in total. The molecule has 124 valence electrons. The molecule has 0 fully saturated rings. The molecule has 0 bridgehead atoms. The van der Waals surface area contributed by atoms with Crippen molar-refractivity contribution >= 4 is 6.09 Å². The first-order valence-electron chi connectivity index (χ1n) is 8.73. The van der Waals surface area contributed by atoms with E-state index >= 15 is 0 Å². The minimum absolute atomic E-state index is 0.251. The van der Waals surface area contributed by atoms with Crippen molar-refractivity contribution in [3.8, 4) is 0 Å². The number of nitrogens with one attached hydrogen (secondary N) is 1. The van der Waals surface area contributed by atoms with Crippen LogP contribution in [-0.2, 0) is 11.3 Å². The van der Waals surface area contributed by atoms with Gasteiger partial charge in [0.25, 0.3) is 0 Å². The lowest BCUT2D eigenvalue weighted by Gasteiger charge is -2.18. The van der Waals surface area contributed by atoms with Gasteiger partial charge in [-0.2, -0.15) is 0 Å². The van der Waals surface area contributed by atoms with Gasteiger partial charge in [0.1, 0.15) is 6.61 Å². The minimum Gasteiger partial charge on any atom is -0.445 e. The number of amides is 1. The number of hydrogen-bond donors (Lipinski definition) is 1. The van der Waals surface area contributed by atoms with Crippen LogP contribution in [0.25, 0.3) is 0 Å². The molecule has 0 saturated carbocycles. The van der Waals surface area contributed by atoms with Gasteiger partial charge >= 0.3 is 6.09 Å². The van der Waals surface area contributed by atoms with E-state index in [4.69, 9.17) is 4.74 Å². The van der Waals surface area contributed by atoms with Gasteiger partial charge in [-0.05, 0) is 18.4 Å². The first-order chi connectivity index (χ1) is 10.8. The van der Waals surface area contributed by atoms with Crippen molar-refractivity contribution in [2.45, 2.75) is 77.9 Å². The largest absolute Gasteiger partial charge is 0.445 e. The maximum Gasteiger partial charge on any atom is 0.407 e. The normalized spacial score (nSPS) is 10.7. The summed E-state index contributed by atoms with van der Waals surface area (Å²) in [6.45, 7) is 4.74. The van der Waals surface area contributed by atoms with E-state index in [-0.39, 0.29) is 12.1 Å². The minimum atomic E-state index is -0.290. The van der Waals surface area contributed by atoms with Crippen LogP contribution in [0.15, 0.2) is 30.3 Å². The molecule has 1 rings (SSSR count). The van der Waals surface area contributed by atoms with Crippen LogP contribution in [0.1, 0.15) is 70.8 Å². The second kappa shape index (κ2) is 12.1. The molecule has 0 saturated heterocycles. The molecule has 0 heterocycles. The zero-order chi connectivity index (χ0) is 16.0. The second-order valence-corrected chi connectivity index (χ2v) is 5.89. The van der Waals surface area contributed by atoms with Crippen molar-refractivity contribution in [3.05, 3.63) is 35.9 Å². The first-order valence-corrected chi connectivity index (χ1v) is 8.73. The molecule has 1 aromatic carbocycles. The lowest BCUT2D eigenvalue weighted by Crippen LogP contribution is -2.35. The van der Waals surface area contributed by atoms with E-state index in [1.807, 2.05) is 30.3 Å². The van der Waals surface area contributed by atoms with Gasteiger partial charge < -0.3 is 10.1 Å². The van der Waals surface area contributed by atoms with E-state index < -0.39 is 0 Å². The molecule has 3 heteroatoms. The van der Waals surface area contributed by atoms with Crippen molar-refractivity contribution in [1.29, 1.82) is 0 Å². The number of ether oxygens (including phenoxy) is 1. The van der Waals surface area contributed by atoms with Gasteiger partial charge in [-0.15, -0.1) is 0 Å². The number of hydrogen-bond acceptors (Lipinski definition) is 2. The summed E-state index contributed by atoms with van der Waals surface area (Å²) in [7, 11) is 0. The van der Waals surface area contributed by atoms with Crippen LogP contribution in [0.3, 0.4) is 0 Å². The number of carbonyl (C=O) groups is 1. The molecule has 0 radical (unpaired) electrons. The fraction of sp³-hybridized carbons (Fsp3) is 0.632. The highest BCUT2D eigenvalue weighted by Gasteiger charge is 2.12. The maximum absolute atomic E-state index is 12.0. The van der Waals surface area contributed by atoms with Crippen molar-refractivity contribution in [2.24, 2.45) is 0 Å². The highest BCUT2D eigenvalue weighted by atomic mass is 16.5. The summed E-state index contributed by atoms with van der Waals surface area (Å²) in [5, 5.41) is 3.04. The van der Waals surface area contributed by atoms with Crippen LogP contribution in [0.5, 0.6) is 0 Å². The van der Waals surface area contributed by atoms with Crippen LogP contribution in [0.2, 0.25) is 0 Å². The highest BCUT2D eigenvalue weighted by Crippen LogP contribution is 2.11. The smallest absolute Gasteiger partial charge is 0.407 e. The Labute approximate surface area is 135 Å². The van der Waals surface area contributed by atoms with E-state index in [1.54, 1.807) is 0 Å². The fourth-order valence-electron chi connectivity index (χ4n) is 2.50. The maximum atomic E-state index is 12.0. The van der Waals surface area contributed by atoms with Gasteiger partial charge in [0.15, 0.2) is 0 Å². The molecule has 0 aliphatic carbocycles. The zero-order valence-corrected chi connectivity index (χ0v) is 14.1. The van der Waals surface area contributed by atoms with E-state index in [0.717, 1.165) is 18.4 Å². The molecule has 0 atom stereocenters. The molecule has 1 amide bonds. The van der Waals surface area contributed by atoms with Crippen LogP contribution < -0.4 is 5.32 Å². The summed E-state index contributed by atoms with van der Waals surface area (Å²) in [6, 6.07) is 10.0.